The van der Waals surface area contributed by atoms with Gasteiger partial charge in [0.1, 0.15) is 0 Å². The third kappa shape index (κ3) is 3.07. The normalized spacial score (nSPS) is 17.5. The van der Waals surface area contributed by atoms with Crippen LogP contribution in [0, 0.1) is 32.1 Å². The predicted octanol–water partition coefficient (Wildman–Crippen LogP) is 4.48. The van der Waals surface area contributed by atoms with Gasteiger partial charge in [0.15, 0.2) is 0 Å². The van der Waals surface area contributed by atoms with E-state index in [9.17, 15) is 29.0 Å². The molecule has 0 spiro atoms. The van der Waals surface area contributed by atoms with Crippen LogP contribution in [-0.4, -0.2) is 15.8 Å². The van der Waals surface area contributed by atoms with Gasteiger partial charge in [-0.15, -0.1) is 0 Å². The van der Waals surface area contributed by atoms with E-state index >= 15 is 0 Å². The molecule has 0 N–H and O–H groups in total. The Morgan fingerprint density at radius 3 is 1.32 bits per heavy atom. The first-order valence-electron chi connectivity index (χ1n) is 7.41. The Hall–Kier alpha value is -2.90. The molecule has 1 aliphatic rings. The van der Waals surface area contributed by atoms with E-state index < -0.39 is 15.8 Å². The molecule has 6 nitrogen and oxygen atoms in total. The smallest absolute Gasteiger partial charge is 0.258 e. The fraction of sp³-hybridized carbons (Fsp3) is 0.176. The third-order valence-electron chi connectivity index (χ3n) is 4.24. The standard InChI is InChI=1S/C17H12F2N2O4/c18-17(19)15(11-1-5-13(6-2-11)20(22)23)9-10-16(17)12-3-7-14(8-4-12)21(24)25/h1-8H,9-10H2. The number of hydrogen-bond donors (Lipinski definition) is 0. The zero-order valence-electron chi connectivity index (χ0n) is 12.8. The Bertz CT molecular complexity index is 739. The number of nitro benzene ring substituents is 2. The summed E-state index contributed by atoms with van der Waals surface area (Å²) in [6.45, 7) is 0. The lowest BCUT2D eigenvalue weighted by atomic mass is 9.89. The van der Waals surface area contributed by atoms with Crippen molar-refractivity contribution in [1.82, 2.24) is 0 Å². The molecular weight excluding hydrogens is 334 g/mol. The molecule has 0 unspecified atom stereocenters. The van der Waals surface area contributed by atoms with Crippen LogP contribution in [0.2, 0.25) is 0 Å². The van der Waals surface area contributed by atoms with Crippen molar-refractivity contribution in [2.45, 2.75) is 18.8 Å². The summed E-state index contributed by atoms with van der Waals surface area (Å²) in [6.07, 6.45) is 0.244. The van der Waals surface area contributed by atoms with Crippen molar-refractivity contribution in [1.29, 1.82) is 0 Å². The number of nitrogens with zero attached hydrogens (tertiary/aromatic N) is 2. The van der Waals surface area contributed by atoms with Crippen molar-refractivity contribution in [3.63, 3.8) is 0 Å². The molecule has 0 aliphatic heterocycles. The average molecular weight is 346 g/mol. The quantitative estimate of drug-likeness (QED) is 0.603. The first kappa shape index (κ1) is 16.9. The van der Waals surface area contributed by atoms with Gasteiger partial charge in [-0.1, -0.05) is 24.3 Å². The summed E-state index contributed by atoms with van der Waals surface area (Å²) in [4.78, 5) is 20.2. The lowest BCUT2D eigenvalue weighted by Gasteiger charge is -2.24. The second-order valence-corrected chi connectivity index (χ2v) is 5.64. The number of halogens is 2. The van der Waals surface area contributed by atoms with Gasteiger partial charge in [0.05, 0.1) is 21.7 Å². The Morgan fingerprint density at radius 2 is 1.04 bits per heavy atom. The van der Waals surface area contributed by atoms with E-state index in [0.29, 0.717) is 0 Å². The molecule has 0 bridgehead atoms. The van der Waals surface area contributed by atoms with Crippen molar-refractivity contribution >= 4 is 11.4 Å². The monoisotopic (exact) mass is 346 g/mol. The van der Waals surface area contributed by atoms with Crippen LogP contribution in [0.3, 0.4) is 0 Å². The molecule has 8 heteroatoms. The van der Waals surface area contributed by atoms with E-state index in [1.165, 1.54) is 48.5 Å². The van der Waals surface area contributed by atoms with Gasteiger partial charge in [-0.3, -0.25) is 20.2 Å². The maximum absolute atomic E-state index is 14.8. The zero-order valence-corrected chi connectivity index (χ0v) is 12.8. The number of hydrogen-bond acceptors (Lipinski definition) is 4. The lowest BCUT2D eigenvalue weighted by molar-refractivity contribution is -0.385. The van der Waals surface area contributed by atoms with E-state index in [0.717, 1.165) is 0 Å². The fourth-order valence-electron chi connectivity index (χ4n) is 2.97. The molecule has 25 heavy (non-hydrogen) atoms. The molecule has 2 aromatic carbocycles. The highest BCUT2D eigenvalue weighted by Crippen LogP contribution is 2.53. The summed E-state index contributed by atoms with van der Waals surface area (Å²) in [5.74, 6) is -3.40. The SMILES string of the molecule is O=[N+]([O-])c1ccc([C]2CC[C](c3ccc([N+](=O)[O-])cc3)C2(F)F)cc1. The van der Waals surface area contributed by atoms with Crippen LogP contribution in [-0.2, 0) is 0 Å². The summed E-state index contributed by atoms with van der Waals surface area (Å²) in [6, 6.07) is 10.1. The number of alkyl halides is 2. The summed E-state index contributed by atoms with van der Waals surface area (Å²) in [5.41, 5.74) is 0.190. The highest BCUT2D eigenvalue weighted by molar-refractivity contribution is 5.52. The van der Waals surface area contributed by atoms with Crippen LogP contribution in [0.15, 0.2) is 48.5 Å². The number of nitro groups is 2. The second-order valence-electron chi connectivity index (χ2n) is 5.64. The molecule has 1 fully saturated rings. The summed E-state index contributed by atoms with van der Waals surface area (Å²) < 4.78 is 29.6. The number of non-ortho nitro benzene ring substituents is 2. The number of rotatable bonds is 4. The van der Waals surface area contributed by atoms with E-state index in [2.05, 4.69) is 0 Å². The van der Waals surface area contributed by atoms with E-state index in [1.54, 1.807) is 0 Å². The van der Waals surface area contributed by atoms with Crippen molar-refractivity contribution in [2.24, 2.45) is 0 Å². The molecule has 128 valence electrons. The van der Waals surface area contributed by atoms with Gasteiger partial charge < -0.3 is 0 Å². The maximum atomic E-state index is 14.8. The van der Waals surface area contributed by atoms with Crippen LogP contribution in [0.25, 0.3) is 0 Å². The average Bonchev–Trinajstić information content (AvgIpc) is 2.90. The first-order valence-corrected chi connectivity index (χ1v) is 7.41. The molecule has 3 rings (SSSR count). The molecule has 2 aromatic rings. The minimum absolute atomic E-state index is 0.101. The third-order valence-corrected chi connectivity index (χ3v) is 4.24. The molecule has 0 atom stereocenters. The van der Waals surface area contributed by atoms with Crippen LogP contribution in [0.1, 0.15) is 24.0 Å². The van der Waals surface area contributed by atoms with Crippen LogP contribution in [0.4, 0.5) is 20.2 Å². The zero-order chi connectivity index (χ0) is 18.2. The Balaban J connectivity index is 1.85. The molecule has 0 aromatic heterocycles. The Kier molecular flexibility index (Phi) is 4.20. The van der Waals surface area contributed by atoms with Gasteiger partial charge in [-0.2, -0.15) is 0 Å². The van der Waals surface area contributed by atoms with Crippen molar-refractivity contribution in [3.05, 3.63) is 91.7 Å². The summed E-state index contributed by atoms with van der Waals surface area (Å²) >= 11 is 0. The van der Waals surface area contributed by atoms with Crippen LogP contribution >= 0.6 is 0 Å². The van der Waals surface area contributed by atoms with Crippen LogP contribution in [0.5, 0.6) is 0 Å². The van der Waals surface area contributed by atoms with E-state index in [4.69, 9.17) is 0 Å². The molecule has 2 radical (unpaired) electrons. The maximum Gasteiger partial charge on any atom is 0.269 e. The van der Waals surface area contributed by atoms with Crippen LogP contribution < -0.4 is 0 Å². The lowest BCUT2D eigenvalue weighted by Crippen LogP contribution is -2.28. The van der Waals surface area contributed by atoms with Gasteiger partial charge >= 0.3 is 0 Å². The van der Waals surface area contributed by atoms with Crippen molar-refractivity contribution in [3.8, 4) is 0 Å². The van der Waals surface area contributed by atoms with Gasteiger partial charge in [0.25, 0.3) is 17.3 Å². The van der Waals surface area contributed by atoms with Gasteiger partial charge in [-0.25, -0.2) is 8.78 Å². The molecule has 0 amide bonds. The van der Waals surface area contributed by atoms with Crippen molar-refractivity contribution < 1.29 is 18.6 Å². The van der Waals surface area contributed by atoms with Gasteiger partial charge in [0, 0.05) is 24.3 Å². The highest BCUT2D eigenvalue weighted by Gasteiger charge is 2.54. The summed E-state index contributed by atoms with van der Waals surface area (Å²) in [7, 11) is 0. The van der Waals surface area contributed by atoms with Gasteiger partial charge in [0.2, 0.25) is 0 Å². The minimum atomic E-state index is -3.20. The molecular formula is C17H12F2N2O4. The van der Waals surface area contributed by atoms with E-state index in [1.807, 2.05) is 0 Å². The second kappa shape index (κ2) is 6.19. The molecule has 0 heterocycles. The van der Waals surface area contributed by atoms with Gasteiger partial charge in [-0.05, 0) is 24.0 Å². The first-order chi connectivity index (χ1) is 11.8. The largest absolute Gasteiger partial charge is 0.269 e. The Morgan fingerprint density at radius 1 is 0.720 bits per heavy atom. The van der Waals surface area contributed by atoms with Crippen molar-refractivity contribution in [2.75, 3.05) is 0 Å². The summed E-state index contributed by atoms with van der Waals surface area (Å²) in [5, 5.41) is 21.3. The predicted molar refractivity (Wildman–Crippen MR) is 85.1 cm³/mol. The fourth-order valence-corrected chi connectivity index (χ4v) is 2.97. The minimum Gasteiger partial charge on any atom is -0.258 e. The highest BCUT2D eigenvalue weighted by atomic mass is 19.3. The Labute approximate surface area is 141 Å². The molecule has 1 aliphatic carbocycles. The molecule has 1 saturated carbocycles. The van der Waals surface area contributed by atoms with E-state index in [-0.39, 0.29) is 47.2 Å². The number of benzene rings is 2. The topological polar surface area (TPSA) is 86.3 Å². The molecule has 0 saturated heterocycles.